The van der Waals surface area contributed by atoms with E-state index in [2.05, 4.69) is 26.1 Å². The number of hydrogen-bond acceptors (Lipinski definition) is 6. The van der Waals surface area contributed by atoms with Crippen LogP contribution in [-0.4, -0.2) is 44.9 Å². The maximum absolute atomic E-state index is 12.0. The molecule has 0 aliphatic heterocycles. The second-order valence-corrected chi connectivity index (χ2v) is 6.73. The Morgan fingerprint density at radius 2 is 1.96 bits per heavy atom. The van der Waals surface area contributed by atoms with Gasteiger partial charge in [0.2, 0.25) is 11.8 Å². The number of nitrogens with zero attached hydrogens (tertiary/aromatic N) is 3. The Labute approximate surface area is 154 Å². The molecule has 1 heterocycles. The van der Waals surface area contributed by atoms with Gasteiger partial charge in [-0.2, -0.15) is 0 Å². The summed E-state index contributed by atoms with van der Waals surface area (Å²) in [5.41, 5.74) is 1.39. The molecule has 0 aliphatic carbocycles. The van der Waals surface area contributed by atoms with Crippen LogP contribution in [-0.2, 0) is 9.59 Å². The van der Waals surface area contributed by atoms with E-state index in [-0.39, 0.29) is 5.91 Å². The van der Waals surface area contributed by atoms with Crippen LogP contribution >= 0.6 is 11.8 Å². The number of rotatable bonds is 5. The number of carbonyl (C=O) groups is 3. The van der Waals surface area contributed by atoms with Gasteiger partial charge in [0.1, 0.15) is 5.82 Å². The first-order chi connectivity index (χ1) is 12.3. The van der Waals surface area contributed by atoms with Gasteiger partial charge in [0, 0.05) is 19.7 Å². The number of urea groups is 1. The van der Waals surface area contributed by atoms with Crippen molar-refractivity contribution in [3.63, 3.8) is 0 Å². The van der Waals surface area contributed by atoms with Crippen LogP contribution < -0.4 is 16.0 Å². The third-order valence-corrected chi connectivity index (χ3v) is 4.38. The molecule has 0 radical (unpaired) electrons. The van der Waals surface area contributed by atoms with Crippen molar-refractivity contribution in [2.75, 3.05) is 12.4 Å². The van der Waals surface area contributed by atoms with Crippen LogP contribution in [0.15, 0.2) is 29.4 Å². The SMILES string of the molecule is CNC(=O)NC(=O)[C@H](C)Sc1nnc(C)n1-c1cccc(NC(C)=O)c1. The smallest absolute Gasteiger partial charge is 0.321 e. The van der Waals surface area contributed by atoms with Crippen molar-refractivity contribution in [1.82, 2.24) is 25.4 Å². The quantitative estimate of drug-likeness (QED) is 0.680. The van der Waals surface area contributed by atoms with Crippen molar-refractivity contribution in [2.24, 2.45) is 0 Å². The highest BCUT2D eigenvalue weighted by atomic mass is 32.2. The van der Waals surface area contributed by atoms with Crippen LogP contribution in [0.1, 0.15) is 19.7 Å². The lowest BCUT2D eigenvalue weighted by atomic mass is 10.2. The number of benzene rings is 1. The first-order valence-electron chi connectivity index (χ1n) is 7.81. The van der Waals surface area contributed by atoms with Gasteiger partial charge < -0.3 is 10.6 Å². The average molecular weight is 376 g/mol. The van der Waals surface area contributed by atoms with E-state index in [0.717, 1.165) is 5.69 Å². The van der Waals surface area contributed by atoms with E-state index in [1.165, 1.54) is 25.7 Å². The zero-order chi connectivity index (χ0) is 19.3. The number of thioether (sulfide) groups is 1. The summed E-state index contributed by atoms with van der Waals surface area (Å²) in [5, 5.41) is 15.4. The molecule has 1 aromatic heterocycles. The molecule has 0 saturated carbocycles. The summed E-state index contributed by atoms with van der Waals surface area (Å²) in [4.78, 5) is 34.6. The third kappa shape index (κ3) is 4.82. The molecule has 9 nitrogen and oxygen atoms in total. The Balaban J connectivity index is 2.25. The molecule has 138 valence electrons. The van der Waals surface area contributed by atoms with Gasteiger partial charge in [-0.15, -0.1) is 10.2 Å². The van der Waals surface area contributed by atoms with Crippen LogP contribution in [0.2, 0.25) is 0 Å². The van der Waals surface area contributed by atoms with Crippen LogP contribution in [0.25, 0.3) is 5.69 Å². The van der Waals surface area contributed by atoms with Crippen molar-refractivity contribution in [2.45, 2.75) is 31.2 Å². The largest absolute Gasteiger partial charge is 0.341 e. The van der Waals surface area contributed by atoms with Gasteiger partial charge in [0.05, 0.1) is 10.9 Å². The molecule has 0 bridgehead atoms. The van der Waals surface area contributed by atoms with E-state index in [4.69, 9.17) is 0 Å². The Hall–Kier alpha value is -2.88. The molecule has 2 aromatic rings. The van der Waals surface area contributed by atoms with Gasteiger partial charge in [0.15, 0.2) is 5.16 Å². The topological polar surface area (TPSA) is 118 Å². The highest BCUT2D eigenvalue weighted by Crippen LogP contribution is 2.26. The number of carbonyl (C=O) groups excluding carboxylic acids is 3. The predicted octanol–water partition coefficient (Wildman–Crippen LogP) is 1.47. The Kier molecular flexibility index (Phi) is 6.34. The molecule has 1 atom stereocenters. The highest BCUT2D eigenvalue weighted by Gasteiger charge is 2.21. The van der Waals surface area contributed by atoms with Crippen molar-refractivity contribution >= 4 is 35.3 Å². The zero-order valence-electron chi connectivity index (χ0n) is 14.9. The van der Waals surface area contributed by atoms with Crippen molar-refractivity contribution < 1.29 is 14.4 Å². The molecule has 1 aromatic carbocycles. The van der Waals surface area contributed by atoms with Crippen LogP contribution in [0, 0.1) is 6.92 Å². The molecule has 3 N–H and O–H groups in total. The summed E-state index contributed by atoms with van der Waals surface area (Å²) in [7, 11) is 1.43. The van der Waals surface area contributed by atoms with E-state index < -0.39 is 17.2 Å². The van der Waals surface area contributed by atoms with Crippen LogP contribution in [0.3, 0.4) is 0 Å². The molecule has 0 saturated heterocycles. The van der Waals surface area contributed by atoms with Gasteiger partial charge in [-0.25, -0.2) is 4.79 Å². The van der Waals surface area contributed by atoms with Gasteiger partial charge in [0.25, 0.3) is 0 Å². The van der Waals surface area contributed by atoms with Gasteiger partial charge >= 0.3 is 6.03 Å². The van der Waals surface area contributed by atoms with Crippen molar-refractivity contribution in [1.29, 1.82) is 0 Å². The first kappa shape index (κ1) is 19.4. The molecular weight excluding hydrogens is 356 g/mol. The summed E-state index contributed by atoms with van der Waals surface area (Å²) < 4.78 is 1.78. The number of aryl methyl sites for hydroxylation is 1. The third-order valence-electron chi connectivity index (χ3n) is 3.34. The molecular formula is C16H20N6O3S. The van der Waals surface area contributed by atoms with Gasteiger partial charge in [-0.05, 0) is 32.0 Å². The summed E-state index contributed by atoms with van der Waals surface area (Å²) in [6, 6.07) is 6.65. The maximum Gasteiger partial charge on any atom is 0.321 e. The van der Waals surface area contributed by atoms with Crippen LogP contribution in [0.4, 0.5) is 10.5 Å². The second kappa shape index (κ2) is 8.48. The molecule has 26 heavy (non-hydrogen) atoms. The molecule has 0 unspecified atom stereocenters. The Morgan fingerprint density at radius 3 is 2.62 bits per heavy atom. The van der Waals surface area contributed by atoms with E-state index in [1.807, 2.05) is 6.07 Å². The monoisotopic (exact) mass is 376 g/mol. The minimum absolute atomic E-state index is 0.170. The predicted molar refractivity (Wildman–Crippen MR) is 98.3 cm³/mol. The molecule has 0 spiro atoms. The van der Waals surface area contributed by atoms with E-state index in [9.17, 15) is 14.4 Å². The fourth-order valence-electron chi connectivity index (χ4n) is 2.13. The normalized spacial score (nSPS) is 11.5. The fourth-order valence-corrected chi connectivity index (χ4v) is 3.04. The minimum atomic E-state index is -0.567. The minimum Gasteiger partial charge on any atom is -0.341 e. The van der Waals surface area contributed by atoms with E-state index in [0.29, 0.717) is 16.7 Å². The van der Waals surface area contributed by atoms with Crippen LogP contribution in [0.5, 0.6) is 0 Å². The second-order valence-electron chi connectivity index (χ2n) is 5.43. The molecule has 0 fully saturated rings. The zero-order valence-corrected chi connectivity index (χ0v) is 15.7. The lowest BCUT2D eigenvalue weighted by Crippen LogP contribution is -2.41. The standard InChI is InChI=1S/C16H20N6O3S/c1-9(14(24)19-15(25)17-4)26-16-21-20-10(2)22(16)13-7-5-6-12(8-13)18-11(3)23/h5-9H,1-4H3,(H,18,23)(H2,17,19,24,25)/t9-/m0/s1. The summed E-state index contributed by atoms with van der Waals surface area (Å²) in [6.45, 7) is 4.90. The number of hydrogen-bond donors (Lipinski definition) is 3. The first-order valence-corrected chi connectivity index (χ1v) is 8.69. The summed E-state index contributed by atoms with van der Waals surface area (Å²) >= 11 is 1.18. The number of nitrogens with one attached hydrogen (secondary N) is 3. The number of amides is 4. The number of aromatic nitrogens is 3. The fraction of sp³-hybridized carbons (Fsp3) is 0.312. The average Bonchev–Trinajstić information content (AvgIpc) is 2.94. The lowest BCUT2D eigenvalue weighted by molar-refractivity contribution is -0.119. The lowest BCUT2D eigenvalue weighted by Gasteiger charge is -2.13. The molecule has 4 amide bonds. The number of anilines is 1. The van der Waals surface area contributed by atoms with E-state index >= 15 is 0 Å². The van der Waals surface area contributed by atoms with Crippen molar-refractivity contribution in [3.8, 4) is 5.69 Å². The number of imide groups is 1. The molecule has 0 aliphatic rings. The summed E-state index contributed by atoms with van der Waals surface area (Å²) in [6.07, 6.45) is 0. The molecule has 10 heteroatoms. The highest BCUT2D eigenvalue weighted by molar-refractivity contribution is 8.00. The maximum atomic E-state index is 12.0. The Morgan fingerprint density at radius 1 is 1.23 bits per heavy atom. The van der Waals surface area contributed by atoms with Crippen molar-refractivity contribution in [3.05, 3.63) is 30.1 Å². The van der Waals surface area contributed by atoms with E-state index in [1.54, 1.807) is 36.6 Å². The van der Waals surface area contributed by atoms with Gasteiger partial charge in [-0.3, -0.25) is 19.5 Å². The van der Waals surface area contributed by atoms with Gasteiger partial charge in [-0.1, -0.05) is 17.8 Å². The summed E-state index contributed by atoms with van der Waals surface area (Å²) in [5.74, 6) is 0.0247. The Bertz CT molecular complexity index is 835. The molecule has 2 rings (SSSR count).